The Bertz CT molecular complexity index is 1050. The fraction of sp³-hybridized carbons (Fsp3) is 0.542. The molecule has 2 heterocycles. The van der Waals surface area contributed by atoms with E-state index in [4.69, 9.17) is 5.73 Å². The Morgan fingerprint density at radius 1 is 1.19 bits per heavy atom. The summed E-state index contributed by atoms with van der Waals surface area (Å²) < 4.78 is 54.3. The van der Waals surface area contributed by atoms with Crippen LogP contribution in [0.15, 0.2) is 30.6 Å². The number of halogens is 4. The van der Waals surface area contributed by atoms with Crippen molar-refractivity contribution in [1.29, 1.82) is 0 Å². The number of amides is 1. The van der Waals surface area contributed by atoms with E-state index in [0.717, 1.165) is 31.4 Å². The van der Waals surface area contributed by atoms with Gasteiger partial charge in [-0.3, -0.25) is 9.69 Å². The molecule has 1 aliphatic heterocycles. The molecule has 1 aromatic carbocycles. The maximum Gasteiger partial charge on any atom is 0.416 e. The van der Waals surface area contributed by atoms with Crippen molar-refractivity contribution in [2.45, 2.75) is 50.6 Å². The lowest BCUT2D eigenvalue weighted by Gasteiger charge is -2.39. The molecule has 36 heavy (non-hydrogen) atoms. The molecule has 2 aliphatic rings. The van der Waals surface area contributed by atoms with Gasteiger partial charge in [0.05, 0.1) is 18.2 Å². The minimum atomic E-state index is -4.42. The van der Waals surface area contributed by atoms with Gasteiger partial charge in [0.25, 0.3) is 0 Å². The molecule has 2 atom stereocenters. The number of nitrogens with one attached hydrogen (secondary N) is 1. The highest BCUT2D eigenvalue weighted by Crippen LogP contribution is 2.34. The predicted molar refractivity (Wildman–Crippen MR) is 125 cm³/mol. The second kappa shape index (κ2) is 11.0. The quantitative estimate of drug-likeness (QED) is 0.446. The van der Waals surface area contributed by atoms with Crippen LogP contribution in [0.1, 0.15) is 36.8 Å². The van der Waals surface area contributed by atoms with E-state index >= 15 is 4.39 Å². The highest BCUT2D eigenvalue weighted by molar-refractivity contribution is 5.75. The molecule has 1 aliphatic carbocycles. The number of carbonyl (C=O) groups is 1. The first kappa shape index (κ1) is 26.1. The second-order valence-electron chi connectivity index (χ2n) is 9.47. The molecule has 1 aromatic heterocycles. The van der Waals surface area contributed by atoms with Gasteiger partial charge < -0.3 is 21.1 Å². The van der Waals surface area contributed by atoms with Crippen molar-refractivity contribution in [2.75, 3.05) is 36.4 Å². The number of aliphatic hydroxyl groups excluding tert-OH is 1. The lowest BCUT2D eigenvalue weighted by Crippen LogP contribution is -2.48. The van der Waals surface area contributed by atoms with Gasteiger partial charge in [0.2, 0.25) is 11.7 Å². The van der Waals surface area contributed by atoms with Gasteiger partial charge in [0.15, 0.2) is 11.6 Å². The first-order valence-electron chi connectivity index (χ1n) is 12.0. The number of likely N-dealkylation sites (tertiary alicyclic amines) is 1. The number of hydrogen-bond donors (Lipinski definition) is 3. The zero-order valence-corrected chi connectivity index (χ0v) is 19.7. The third-order valence-electron chi connectivity index (χ3n) is 6.91. The summed E-state index contributed by atoms with van der Waals surface area (Å²) >= 11 is 0. The average molecular weight is 511 g/mol. The lowest BCUT2D eigenvalue weighted by atomic mass is 9.91. The van der Waals surface area contributed by atoms with Crippen LogP contribution in [-0.2, 0) is 17.5 Å². The number of rotatable bonds is 9. The number of aliphatic hydroxyl groups is 1. The molecular formula is C24H30F4N6O2. The van der Waals surface area contributed by atoms with Crippen LogP contribution < -0.4 is 16.0 Å². The van der Waals surface area contributed by atoms with Crippen LogP contribution in [-0.4, -0.2) is 64.2 Å². The molecule has 8 nitrogen and oxygen atoms in total. The van der Waals surface area contributed by atoms with Crippen LogP contribution in [0, 0.1) is 11.7 Å². The summed E-state index contributed by atoms with van der Waals surface area (Å²) in [5.74, 6) is -1.17. The van der Waals surface area contributed by atoms with Crippen LogP contribution in [0.4, 0.5) is 29.2 Å². The summed E-state index contributed by atoms with van der Waals surface area (Å²) in [5, 5.41) is 13.4. The Balaban J connectivity index is 1.45. The molecular weight excluding hydrogens is 480 g/mol. The van der Waals surface area contributed by atoms with Gasteiger partial charge in [-0.25, -0.2) is 9.97 Å². The van der Waals surface area contributed by atoms with Gasteiger partial charge in [-0.2, -0.15) is 17.6 Å². The maximum atomic E-state index is 15.5. The number of benzene rings is 1. The van der Waals surface area contributed by atoms with Crippen LogP contribution >= 0.6 is 0 Å². The van der Waals surface area contributed by atoms with Gasteiger partial charge in [-0.15, -0.1) is 0 Å². The molecule has 1 saturated carbocycles. The molecule has 2 fully saturated rings. The molecule has 0 spiro atoms. The zero-order chi connectivity index (χ0) is 25.9. The predicted octanol–water partition coefficient (Wildman–Crippen LogP) is 2.77. The van der Waals surface area contributed by atoms with Crippen molar-refractivity contribution < 1.29 is 27.5 Å². The number of anilines is 2. The van der Waals surface area contributed by atoms with E-state index in [1.807, 2.05) is 0 Å². The third-order valence-corrected chi connectivity index (χ3v) is 6.91. The van der Waals surface area contributed by atoms with Gasteiger partial charge in [0, 0.05) is 31.6 Å². The highest BCUT2D eigenvalue weighted by atomic mass is 19.4. The second-order valence-corrected chi connectivity index (χ2v) is 9.47. The van der Waals surface area contributed by atoms with E-state index in [2.05, 4.69) is 15.3 Å². The van der Waals surface area contributed by atoms with Crippen molar-refractivity contribution in [3.8, 4) is 0 Å². The largest absolute Gasteiger partial charge is 0.416 e. The number of primary amides is 1. The number of alkyl halides is 3. The number of aromatic nitrogens is 2. The van der Waals surface area contributed by atoms with Crippen LogP contribution in [0.2, 0.25) is 0 Å². The summed E-state index contributed by atoms with van der Waals surface area (Å²) in [4.78, 5) is 22.9. The van der Waals surface area contributed by atoms with Gasteiger partial charge in [-0.05, 0) is 49.9 Å². The molecule has 4 rings (SSSR count). The third kappa shape index (κ3) is 6.22. The van der Waals surface area contributed by atoms with E-state index < -0.39 is 29.6 Å². The number of piperidine rings is 1. The molecule has 196 valence electrons. The minimum Gasteiger partial charge on any atom is -0.391 e. The highest BCUT2D eigenvalue weighted by Gasteiger charge is 2.32. The number of β-amino-alcohol motifs (C(OH)–C–C–N with tert-alkyl or cyclic N) is 1. The summed E-state index contributed by atoms with van der Waals surface area (Å²) in [6, 6.07) is 4.88. The minimum absolute atomic E-state index is 0.00325. The fourth-order valence-corrected chi connectivity index (χ4v) is 4.63. The number of carbonyl (C=O) groups excluding carboxylic acids is 1. The van der Waals surface area contributed by atoms with E-state index in [1.165, 1.54) is 18.5 Å². The van der Waals surface area contributed by atoms with E-state index in [-0.39, 0.29) is 43.2 Å². The molecule has 2 aromatic rings. The Morgan fingerprint density at radius 3 is 2.50 bits per heavy atom. The molecule has 4 N–H and O–H groups in total. The van der Waals surface area contributed by atoms with Crippen molar-refractivity contribution in [3.63, 3.8) is 0 Å². The van der Waals surface area contributed by atoms with E-state index in [1.54, 1.807) is 9.80 Å². The van der Waals surface area contributed by atoms with Crippen molar-refractivity contribution in [3.05, 3.63) is 47.5 Å². The SMILES string of the molecule is NC(=O)CN1CC[C@@H](CNc2ncnc(N(Cc3ccc(C(F)(F)F)cc3)C3CCC3)c2F)[C@@H](O)C1. The topological polar surface area (TPSA) is 108 Å². The van der Waals surface area contributed by atoms with Gasteiger partial charge >= 0.3 is 6.18 Å². The zero-order valence-electron chi connectivity index (χ0n) is 19.7. The average Bonchev–Trinajstić information content (AvgIpc) is 2.77. The van der Waals surface area contributed by atoms with E-state index in [9.17, 15) is 23.1 Å². The Labute approximate surface area is 206 Å². The van der Waals surface area contributed by atoms with Crippen molar-refractivity contribution in [2.24, 2.45) is 11.7 Å². The first-order chi connectivity index (χ1) is 17.1. The Morgan fingerprint density at radius 2 is 1.92 bits per heavy atom. The molecule has 12 heteroatoms. The summed E-state index contributed by atoms with van der Waals surface area (Å²) in [5.41, 5.74) is 5.11. The molecule has 1 saturated heterocycles. The van der Waals surface area contributed by atoms with Crippen LogP contribution in [0.3, 0.4) is 0 Å². The van der Waals surface area contributed by atoms with Crippen molar-refractivity contribution in [1.82, 2.24) is 14.9 Å². The smallest absolute Gasteiger partial charge is 0.391 e. The lowest BCUT2D eigenvalue weighted by molar-refractivity contribution is -0.137. The normalized spacial score (nSPS) is 21.1. The maximum absolute atomic E-state index is 15.5. The monoisotopic (exact) mass is 510 g/mol. The molecule has 1 amide bonds. The van der Waals surface area contributed by atoms with E-state index in [0.29, 0.717) is 25.1 Å². The first-order valence-corrected chi connectivity index (χ1v) is 12.0. The number of nitrogens with zero attached hydrogens (tertiary/aromatic N) is 4. The van der Waals surface area contributed by atoms with Crippen LogP contribution in [0.25, 0.3) is 0 Å². The molecule has 0 unspecified atom stereocenters. The standard InChI is InChI=1S/C24H30F4N6O2/c25-21-22(30-10-16-8-9-33(12-19(16)35)13-20(29)36)31-14-32-23(21)34(18-2-1-3-18)11-15-4-6-17(7-5-15)24(26,27)28/h4-7,14,16,18-19,35H,1-3,8-13H2,(H2,29,36)(H,30,31,32)/t16-,19-/m0/s1. The summed E-state index contributed by atoms with van der Waals surface area (Å²) in [6.07, 6.45) is -0.614. The summed E-state index contributed by atoms with van der Waals surface area (Å²) in [7, 11) is 0. The summed E-state index contributed by atoms with van der Waals surface area (Å²) in [6.45, 7) is 1.47. The number of hydrogen-bond acceptors (Lipinski definition) is 7. The molecule has 0 radical (unpaired) electrons. The molecule has 0 bridgehead atoms. The van der Waals surface area contributed by atoms with Crippen molar-refractivity contribution >= 4 is 17.5 Å². The Hall–Kier alpha value is -2.99. The van der Waals surface area contributed by atoms with Gasteiger partial charge in [0.1, 0.15) is 6.33 Å². The van der Waals surface area contributed by atoms with Gasteiger partial charge in [-0.1, -0.05) is 12.1 Å². The Kier molecular flexibility index (Phi) is 7.94. The number of nitrogens with two attached hydrogens (primary N) is 1. The van der Waals surface area contributed by atoms with Crippen LogP contribution in [0.5, 0.6) is 0 Å². The fourth-order valence-electron chi connectivity index (χ4n) is 4.63.